The molecule has 0 spiro atoms. The van der Waals surface area contributed by atoms with E-state index in [-0.39, 0.29) is 11.8 Å². The third kappa shape index (κ3) is 3.75. The minimum Gasteiger partial charge on any atom is -0.355 e. The van der Waals surface area contributed by atoms with Gasteiger partial charge < -0.3 is 10.6 Å². The predicted molar refractivity (Wildman–Crippen MR) is 46.5 cm³/mol. The van der Waals surface area contributed by atoms with Crippen molar-refractivity contribution in [1.29, 1.82) is 0 Å². The molecule has 0 aromatic rings. The van der Waals surface area contributed by atoms with E-state index in [0.717, 1.165) is 0 Å². The van der Waals surface area contributed by atoms with Gasteiger partial charge in [-0.3, -0.25) is 9.59 Å². The third-order valence-electron chi connectivity index (χ3n) is 1.28. The van der Waals surface area contributed by atoms with Crippen LogP contribution in [0.1, 0.15) is 13.8 Å². The predicted octanol–water partition coefficient (Wildman–Crippen LogP) is -0.185. The number of carbonyl (C=O) groups is 2. The molecule has 0 heterocycles. The monoisotopic (exact) mass is 170 g/mol. The van der Waals surface area contributed by atoms with E-state index in [1.54, 1.807) is 6.92 Å². The number of likely N-dealkylation sites (N-methyl/N-ethyl adjacent to an activating group) is 2. The quantitative estimate of drug-likeness (QED) is 0.577. The Bertz CT molecular complexity index is 209. The average molecular weight is 170 g/mol. The summed E-state index contributed by atoms with van der Waals surface area (Å²) in [7, 11) is 1.53. The van der Waals surface area contributed by atoms with Gasteiger partial charge in [-0.05, 0) is 13.8 Å². The Hall–Kier alpha value is -1.32. The zero-order valence-electron chi connectivity index (χ0n) is 7.60. The number of carbonyl (C=O) groups excluding carboxylic acids is 2. The molecule has 2 N–H and O–H groups in total. The first-order chi connectivity index (χ1) is 5.61. The fourth-order valence-electron chi connectivity index (χ4n) is 0.685. The van der Waals surface area contributed by atoms with Crippen LogP contribution in [0.25, 0.3) is 0 Å². The van der Waals surface area contributed by atoms with Crippen molar-refractivity contribution in [1.82, 2.24) is 10.6 Å². The summed E-state index contributed by atoms with van der Waals surface area (Å²) in [6.45, 7) is 3.98. The third-order valence-corrected chi connectivity index (χ3v) is 1.28. The van der Waals surface area contributed by atoms with Crippen LogP contribution in [0, 0.1) is 0 Å². The molecule has 0 aromatic heterocycles. The molecule has 0 aliphatic carbocycles. The summed E-state index contributed by atoms with van der Waals surface area (Å²) in [6, 6.07) is 0. The summed E-state index contributed by atoms with van der Waals surface area (Å²) in [6.07, 6.45) is 1.28. The van der Waals surface area contributed by atoms with Gasteiger partial charge in [-0.2, -0.15) is 0 Å². The van der Waals surface area contributed by atoms with Crippen LogP contribution in [0.5, 0.6) is 0 Å². The fraction of sp³-hybridized carbons (Fsp3) is 0.500. The Labute approximate surface area is 72.0 Å². The molecule has 12 heavy (non-hydrogen) atoms. The van der Waals surface area contributed by atoms with Gasteiger partial charge in [-0.1, -0.05) is 0 Å². The summed E-state index contributed by atoms with van der Waals surface area (Å²) >= 11 is 0. The molecule has 68 valence electrons. The number of hydrogen-bond donors (Lipinski definition) is 2. The summed E-state index contributed by atoms with van der Waals surface area (Å²) in [5.74, 6) is -0.472. The zero-order valence-corrected chi connectivity index (χ0v) is 7.60. The van der Waals surface area contributed by atoms with E-state index in [4.69, 9.17) is 0 Å². The van der Waals surface area contributed by atoms with Crippen molar-refractivity contribution >= 4 is 11.8 Å². The summed E-state index contributed by atoms with van der Waals surface area (Å²) in [5, 5.41) is 4.99. The molecule has 0 saturated carbocycles. The van der Waals surface area contributed by atoms with E-state index in [1.807, 2.05) is 6.92 Å². The van der Waals surface area contributed by atoms with Gasteiger partial charge in [-0.15, -0.1) is 0 Å². The van der Waals surface area contributed by atoms with E-state index in [0.29, 0.717) is 12.1 Å². The Morgan fingerprint density at radius 3 is 2.42 bits per heavy atom. The molecule has 0 rings (SSSR count). The SMILES string of the molecule is CCNC(=O)/C=C(\C)C(=O)NC. The lowest BCUT2D eigenvalue weighted by Gasteiger charge is -1.99. The molecular formula is C8H14N2O2. The minimum absolute atomic E-state index is 0.235. The highest BCUT2D eigenvalue weighted by atomic mass is 16.2. The lowest BCUT2D eigenvalue weighted by atomic mass is 10.2. The van der Waals surface area contributed by atoms with Gasteiger partial charge in [0.2, 0.25) is 11.8 Å². The molecule has 2 amide bonds. The maximum Gasteiger partial charge on any atom is 0.246 e. The van der Waals surface area contributed by atoms with Crippen LogP contribution in [0.4, 0.5) is 0 Å². The van der Waals surface area contributed by atoms with Crippen LogP contribution in [0.3, 0.4) is 0 Å². The van der Waals surface area contributed by atoms with Gasteiger partial charge in [-0.25, -0.2) is 0 Å². The molecule has 0 bridgehead atoms. The molecule has 4 nitrogen and oxygen atoms in total. The molecule has 0 saturated heterocycles. The summed E-state index contributed by atoms with van der Waals surface area (Å²) in [4.78, 5) is 21.8. The number of nitrogens with one attached hydrogen (secondary N) is 2. The molecule has 0 radical (unpaired) electrons. The van der Waals surface area contributed by atoms with Crippen LogP contribution in [-0.4, -0.2) is 25.4 Å². The Balaban J connectivity index is 4.15. The van der Waals surface area contributed by atoms with Gasteiger partial charge in [0.1, 0.15) is 0 Å². The topological polar surface area (TPSA) is 58.2 Å². The van der Waals surface area contributed by atoms with Gasteiger partial charge in [0.05, 0.1) is 0 Å². The van der Waals surface area contributed by atoms with Gasteiger partial charge >= 0.3 is 0 Å². The minimum atomic E-state index is -0.237. The van der Waals surface area contributed by atoms with Crippen molar-refractivity contribution in [3.8, 4) is 0 Å². The first-order valence-electron chi connectivity index (χ1n) is 3.80. The highest BCUT2D eigenvalue weighted by molar-refractivity contribution is 6.00. The van der Waals surface area contributed by atoms with Crippen molar-refractivity contribution in [2.45, 2.75) is 13.8 Å². The van der Waals surface area contributed by atoms with Crippen LogP contribution < -0.4 is 10.6 Å². The molecule has 0 aliphatic heterocycles. The van der Waals surface area contributed by atoms with Gasteiger partial charge in [0.25, 0.3) is 0 Å². The summed E-state index contributed by atoms with van der Waals surface area (Å²) < 4.78 is 0. The van der Waals surface area contributed by atoms with Crippen molar-refractivity contribution < 1.29 is 9.59 Å². The molecule has 0 atom stereocenters. The number of hydrogen-bond acceptors (Lipinski definition) is 2. The van der Waals surface area contributed by atoms with Crippen LogP contribution in [0.2, 0.25) is 0 Å². The molecule has 4 heteroatoms. The Morgan fingerprint density at radius 2 is 2.00 bits per heavy atom. The largest absolute Gasteiger partial charge is 0.355 e. The molecule has 0 aromatic carbocycles. The standard InChI is InChI=1S/C8H14N2O2/c1-4-10-7(11)5-6(2)8(12)9-3/h5H,4H2,1-3H3,(H,9,12)(H,10,11)/b6-5+. The molecule has 0 aliphatic rings. The highest BCUT2D eigenvalue weighted by Gasteiger charge is 2.02. The van der Waals surface area contributed by atoms with Crippen molar-refractivity contribution in [3.63, 3.8) is 0 Å². The first-order valence-corrected chi connectivity index (χ1v) is 3.80. The van der Waals surface area contributed by atoms with E-state index in [1.165, 1.54) is 13.1 Å². The maximum absolute atomic E-state index is 10.9. The van der Waals surface area contributed by atoms with E-state index >= 15 is 0 Å². The lowest BCUT2D eigenvalue weighted by Crippen LogP contribution is -2.24. The van der Waals surface area contributed by atoms with E-state index in [9.17, 15) is 9.59 Å². The highest BCUT2D eigenvalue weighted by Crippen LogP contribution is 1.90. The zero-order chi connectivity index (χ0) is 9.56. The van der Waals surface area contributed by atoms with Gasteiger partial charge in [0, 0.05) is 25.2 Å². The maximum atomic E-state index is 10.9. The van der Waals surface area contributed by atoms with E-state index in [2.05, 4.69) is 10.6 Å². The Morgan fingerprint density at radius 1 is 1.42 bits per heavy atom. The number of amides is 2. The second-order valence-corrected chi connectivity index (χ2v) is 2.30. The first kappa shape index (κ1) is 10.7. The van der Waals surface area contributed by atoms with Gasteiger partial charge in [0.15, 0.2) is 0 Å². The second-order valence-electron chi connectivity index (χ2n) is 2.30. The summed E-state index contributed by atoms with van der Waals surface area (Å²) in [5.41, 5.74) is 0.406. The fourth-order valence-corrected chi connectivity index (χ4v) is 0.685. The van der Waals surface area contributed by atoms with Crippen molar-refractivity contribution in [3.05, 3.63) is 11.6 Å². The molecule has 0 unspecified atom stereocenters. The Kier molecular flexibility index (Phi) is 4.76. The van der Waals surface area contributed by atoms with Crippen molar-refractivity contribution in [2.75, 3.05) is 13.6 Å². The van der Waals surface area contributed by atoms with Crippen LogP contribution >= 0.6 is 0 Å². The molecular weight excluding hydrogens is 156 g/mol. The smallest absolute Gasteiger partial charge is 0.246 e. The van der Waals surface area contributed by atoms with Crippen molar-refractivity contribution in [2.24, 2.45) is 0 Å². The normalized spacial score (nSPS) is 10.8. The van der Waals surface area contributed by atoms with Crippen LogP contribution in [0.15, 0.2) is 11.6 Å². The number of rotatable bonds is 3. The van der Waals surface area contributed by atoms with Crippen LogP contribution in [-0.2, 0) is 9.59 Å². The van der Waals surface area contributed by atoms with E-state index < -0.39 is 0 Å². The molecule has 0 fully saturated rings. The second kappa shape index (κ2) is 5.35. The average Bonchev–Trinajstić information content (AvgIpc) is 2.03. The lowest BCUT2D eigenvalue weighted by molar-refractivity contribution is -0.119.